The van der Waals surface area contributed by atoms with Crippen LogP contribution in [0.3, 0.4) is 0 Å². The molecule has 3 aromatic carbocycles. The summed E-state index contributed by atoms with van der Waals surface area (Å²) in [5.41, 5.74) is 6.98. The third-order valence-corrected chi connectivity index (χ3v) is 5.50. The summed E-state index contributed by atoms with van der Waals surface area (Å²) in [5, 5.41) is 5.04. The molecule has 5 rings (SSSR count). The van der Waals surface area contributed by atoms with Gasteiger partial charge in [0.05, 0.1) is 17.3 Å². The molecule has 0 unspecified atom stereocenters. The summed E-state index contributed by atoms with van der Waals surface area (Å²) in [7, 11) is 0. The van der Waals surface area contributed by atoms with Gasteiger partial charge in [-0.3, -0.25) is 9.78 Å². The van der Waals surface area contributed by atoms with Crippen LogP contribution in [0, 0.1) is 0 Å². The smallest absolute Gasteiger partial charge is 0.272 e. The molecule has 1 fully saturated rings. The molecule has 5 heteroatoms. The molecule has 1 N–H and O–H groups in total. The highest BCUT2D eigenvalue weighted by molar-refractivity contribution is 6.06. The van der Waals surface area contributed by atoms with Gasteiger partial charge in [0, 0.05) is 22.6 Å². The lowest BCUT2D eigenvalue weighted by atomic mass is 10.1. The standard InChI is InChI=1S/C27H23N3O2/c31-27(23-16-25(20-14-15-20)29-24-12-6-5-11-22(23)24)30-28-17-21-10-4-7-13-26(21)32-18-19-8-2-1-3-9-19/h1-13,16-17,20H,14-15,18H2,(H,30,31)/b28-17+. The van der Waals surface area contributed by atoms with Crippen LogP contribution in [0.5, 0.6) is 5.75 Å². The molecule has 5 nitrogen and oxygen atoms in total. The van der Waals surface area contributed by atoms with Crippen molar-refractivity contribution in [3.05, 3.63) is 107 Å². The van der Waals surface area contributed by atoms with Gasteiger partial charge >= 0.3 is 0 Å². The summed E-state index contributed by atoms with van der Waals surface area (Å²) < 4.78 is 5.96. The Kier molecular flexibility index (Phi) is 5.62. The Hall–Kier alpha value is -3.99. The maximum Gasteiger partial charge on any atom is 0.272 e. The number of rotatable bonds is 7. The van der Waals surface area contributed by atoms with E-state index in [9.17, 15) is 4.79 Å². The van der Waals surface area contributed by atoms with E-state index in [0.29, 0.717) is 23.8 Å². The molecule has 1 aliphatic rings. The molecule has 1 aliphatic carbocycles. The molecule has 1 heterocycles. The molecular formula is C27H23N3O2. The van der Waals surface area contributed by atoms with Crippen LogP contribution in [-0.2, 0) is 6.61 Å². The van der Waals surface area contributed by atoms with Crippen LogP contribution >= 0.6 is 0 Å². The number of carbonyl (C=O) groups excluding carboxylic acids is 1. The van der Waals surface area contributed by atoms with Gasteiger partial charge in [-0.2, -0.15) is 5.10 Å². The minimum Gasteiger partial charge on any atom is -0.488 e. The number of pyridine rings is 1. The molecule has 0 atom stereocenters. The van der Waals surface area contributed by atoms with E-state index in [2.05, 4.69) is 10.5 Å². The lowest BCUT2D eigenvalue weighted by molar-refractivity contribution is 0.0956. The predicted molar refractivity (Wildman–Crippen MR) is 126 cm³/mol. The van der Waals surface area contributed by atoms with Crippen LogP contribution in [0.4, 0.5) is 0 Å². The van der Waals surface area contributed by atoms with Crippen molar-refractivity contribution >= 4 is 23.0 Å². The van der Waals surface area contributed by atoms with Gasteiger partial charge < -0.3 is 4.74 Å². The Morgan fingerprint density at radius 1 is 1.00 bits per heavy atom. The Labute approximate surface area is 186 Å². The highest BCUT2D eigenvalue weighted by Crippen LogP contribution is 2.40. The van der Waals surface area contributed by atoms with E-state index >= 15 is 0 Å². The Morgan fingerprint density at radius 3 is 2.59 bits per heavy atom. The zero-order chi connectivity index (χ0) is 21.8. The first kappa shape index (κ1) is 19.9. The van der Waals surface area contributed by atoms with Crippen LogP contribution < -0.4 is 10.2 Å². The predicted octanol–water partition coefficient (Wildman–Crippen LogP) is 5.46. The fourth-order valence-corrected chi connectivity index (χ4v) is 3.65. The zero-order valence-electron chi connectivity index (χ0n) is 17.6. The molecule has 0 spiro atoms. The van der Waals surface area contributed by atoms with Crippen LogP contribution in [0.25, 0.3) is 10.9 Å². The number of hydrogen-bond donors (Lipinski definition) is 1. The third kappa shape index (κ3) is 4.52. The maximum absolute atomic E-state index is 13.0. The number of hydrogen-bond acceptors (Lipinski definition) is 4. The second-order valence-corrected chi connectivity index (χ2v) is 7.90. The summed E-state index contributed by atoms with van der Waals surface area (Å²) in [5.74, 6) is 0.924. The lowest BCUT2D eigenvalue weighted by Gasteiger charge is -2.09. The van der Waals surface area contributed by atoms with Crippen molar-refractivity contribution < 1.29 is 9.53 Å². The number of carbonyl (C=O) groups is 1. The fraction of sp³-hybridized carbons (Fsp3) is 0.148. The summed E-state index contributed by atoms with van der Waals surface area (Å²) in [4.78, 5) is 17.7. The van der Waals surface area contributed by atoms with E-state index in [-0.39, 0.29) is 5.91 Å². The molecule has 158 valence electrons. The van der Waals surface area contributed by atoms with E-state index in [4.69, 9.17) is 9.72 Å². The maximum atomic E-state index is 13.0. The van der Waals surface area contributed by atoms with Crippen molar-refractivity contribution in [2.45, 2.75) is 25.4 Å². The van der Waals surface area contributed by atoms with Crippen molar-refractivity contribution in [3.8, 4) is 5.75 Å². The van der Waals surface area contributed by atoms with Gasteiger partial charge in [-0.05, 0) is 42.7 Å². The Bertz CT molecular complexity index is 1280. The minimum atomic E-state index is -0.246. The van der Waals surface area contributed by atoms with Crippen LogP contribution in [0.2, 0.25) is 0 Å². The van der Waals surface area contributed by atoms with Crippen molar-refractivity contribution in [1.82, 2.24) is 10.4 Å². The van der Waals surface area contributed by atoms with E-state index in [1.165, 1.54) is 0 Å². The largest absolute Gasteiger partial charge is 0.488 e. The number of nitrogens with one attached hydrogen (secondary N) is 1. The first-order chi connectivity index (χ1) is 15.8. The summed E-state index contributed by atoms with van der Waals surface area (Å²) in [6.07, 6.45) is 3.87. The number of aromatic nitrogens is 1. The number of amides is 1. The number of hydrazone groups is 1. The van der Waals surface area contributed by atoms with Crippen molar-refractivity contribution in [3.63, 3.8) is 0 Å². The van der Waals surface area contributed by atoms with Crippen molar-refractivity contribution in [2.24, 2.45) is 5.10 Å². The lowest BCUT2D eigenvalue weighted by Crippen LogP contribution is -2.18. The summed E-state index contributed by atoms with van der Waals surface area (Å²) >= 11 is 0. The molecule has 0 bridgehead atoms. The highest BCUT2D eigenvalue weighted by Gasteiger charge is 2.26. The molecule has 0 radical (unpaired) electrons. The van der Waals surface area contributed by atoms with Crippen molar-refractivity contribution in [1.29, 1.82) is 0 Å². The summed E-state index contributed by atoms with van der Waals surface area (Å²) in [6.45, 7) is 0.463. The Morgan fingerprint density at radius 2 is 1.75 bits per heavy atom. The Balaban J connectivity index is 1.32. The summed E-state index contributed by atoms with van der Waals surface area (Å²) in [6, 6.07) is 27.2. The third-order valence-electron chi connectivity index (χ3n) is 5.50. The number of nitrogens with zero attached hydrogens (tertiary/aromatic N) is 2. The number of benzene rings is 3. The monoisotopic (exact) mass is 421 g/mol. The van der Waals surface area contributed by atoms with E-state index in [1.54, 1.807) is 6.21 Å². The van der Waals surface area contributed by atoms with Gasteiger partial charge in [-0.15, -0.1) is 0 Å². The zero-order valence-corrected chi connectivity index (χ0v) is 17.6. The molecule has 0 aliphatic heterocycles. The molecule has 4 aromatic rings. The molecule has 0 saturated heterocycles. The first-order valence-electron chi connectivity index (χ1n) is 10.8. The van der Waals surface area contributed by atoms with Gasteiger partial charge in [0.25, 0.3) is 5.91 Å². The number of fused-ring (bicyclic) bond motifs is 1. The average Bonchev–Trinajstić information content (AvgIpc) is 3.69. The van der Waals surface area contributed by atoms with Crippen LogP contribution in [0.1, 0.15) is 45.9 Å². The van der Waals surface area contributed by atoms with Gasteiger partial charge in [0.15, 0.2) is 0 Å². The number of ether oxygens (including phenoxy) is 1. The van der Waals surface area contributed by atoms with E-state index in [1.807, 2.05) is 84.9 Å². The van der Waals surface area contributed by atoms with Crippen LogP contribution in [-0.4, -0.2) is 17.1 Å². The second-order valence-electron chi connectivity index (χ2n) is 7.90. The highest BCUT2D eigenvalue weighted by atomic mass is 16.5. The number of para-hydroxylation sites is 2. The molecule has 1 aromatic heterocycles. The van der Waals surface area contributed by atoms with Gasteiger partial charge in [0.1, 0.15) is 12.4 Å². The quantitative estimate of drug-likeness (QED) is 0.319. The SMILES string of the molecule is O=C(N/N=C/c1ccccc1OCc1ccccc1)c1cc(C2CC2)nc2ccccc12. The van der Waals surface area contributed by atoms with Gasteiger partial charge in [0.2, 0.25) is 0 Å². The first-order valence-corrected chi connectivity index (χ1v) is 10.8. The van der Waals surface area contributed by atoms with Gasteiger partial charge in [-0.1, -0.05) is 60.7 Å². The second kappa shape index (κ2) is 9.02. The topological polar surface area (TPSA) is 63.6 Å². The molecule has 1 saturated carbocycles. The normalized spacial score (nSPS) is 13.4. The van der Waals surface area contributed by atoms with E-state index in [0.717, 1.165) is 40.6 Å². The van der Waals surface area contributed by atoms with Crippen molar-refractivity contribution in [2.75, 3.05) is 0 Å². The molecule has 32 heavy (non-hydrogen) atoms. The molecular weight excluding hydrogens is 398 g/mol. The molecule has 1 amide bonds. The average molecular weight is 422 g/mol. The van der Waals surface area contributed by atoms with Gasteiger partial charge in [-0.25, -0.2) is 5.43 Å². The minimum absolute atomic E-state index is 0.246. The van der Waals surface area contributed by atoms with E-state index < -0.39 is 0 Å². The fourth-order valence-electron chi connectivity index (χ4n) is 3.65. The van der Waals surface area contributed by atoms with Crippen LogP contribution in [0.15, 0.2) is 90.0 Å².